The topological polar surface area (TPSA) is 66.4 Å². The number of hydrogen-bond acceptors (Lipinski definition) is 4. The van der Waals surface area contributed by atoms with Gasteiger partial charge in [-0.3, -0.25) is 9.59 Å². The van der Waals surface area contributed by atoms with Gasteiger partial charge in [-0.1, -0.05) is 0 Å². The van der Waals surface area contributed by atoms with E-state index in [0.717, 1.165) is 6.08 Å². The molecule has 1 aliphatic carbocycles. The first-order valence-electron chi connectivity index (χ1n) is 3.46. The highest BCUT2D eigenvalue weighted by Gasteiger charge is 2.24. The molecule has 0 bridgehead atoms. The molecule has 0 atom stereocenters. The van der Waals surface area contributed by atoms with Crippen molar-refractivity contribution in [2.75, 3.05) is 7.05 Å². The normalized spacial score (nSPS) is 18.0. The summed E-state index contributed by atoms with van der Waals surface area (Å²) in [6.07, 6.45) is 1.09. The maximum Gasteiger partial charge on any atom is 0.232 e. The van der Waals surface area contributed by atoms with Gasteiger partial charge in [-0.25, -0.2) is 0 Å². The fourth-order valence-electron chi connectivity index (χ4n) is 0.950. The SMILES string of the molecule is CNC1=CC(=O)C(=O)C(C)=C1O. The number of carbonyl (C=O) groups excluding carboxylic acids is 2. The molecule has 1 aliphatic rings. The second-order valence-electron chi connectivity index (χ2n) is 2.47. The van der Waals surface area contributed by atoms with Crippen molar-refractivity contribution in [2.45, 2.75) is 6.92 Å². The van der Waals surface area contributed by atoms with Crippen LogP contribution in [0.1, 0.15) is 6.92 Å². The molecule has 0 amide bonds. The molecule has 4 heteroatoms. The number of aliphatic hydroxyl groups excluding tert-OH is 1. The van der Waals surface area contributed by atoms with Crippen LogP contribution in [-0.2, 0) is 9.59 Å². The molecule has 0 aromatic carbocycles. The van der Waals surface area contributed by atoms with Crippen LogP contribution in [0.4, 0.5) is 0 Å². The van der Waals surface area contributed by atoms with Crippen LogP contribution in [-0.4, -0.2) is 23.7 Å². The molecule has 12 heavy (non-hydrogen) atoms. The van der Waals surface area contributed by atoms with E-state index >= 15 is 0 Å². The highest BCUT2D eigenvalue weighted by Crippen LogP contribution is 2.15. The zero-order valence-corrected chi connectivity index (χ0v) is 6.84. The first-order valence-corrected chi connectivity index (χ1v) is 3.46. The van der Waals surface area contributed by atoms with Crippen LogP contribution >= 0.6 is 0 Å². The van der Waals surface area contributed by atoms with Crippen molar-refractivity contribution in [2.24, 2.45) is 0 Å². The van der Waals surface area contributed by atoms with Crippen LogP contribution in [0.25, 0.3) is 0 Å². The van der Waals surface area contributed by atoms with E-state index in [1.165, 1.54) is 6.92 Å². The minimum atomic E-state index is -0.647. The zero-order chi connectivity index (χ0) is 9.30. The highest BCUT2D eigenvalue weighted by molar-refractivity contribution is 6.48. The summed E-state index contributed by atoms with van der Waals surface area (Å²) in [4.78, 5) is 21.9. The van der Waals surface area contributed by atoms with Crippen molar-refractivity contribution in [1.82, 2.24) is 5.32 Å². The van der Waals surface area contributed by atoms with Gasteiger partial charge < -0.3 is 10.4 Å². The Morgan fingerprint density at radius 1 is 1.42 bits per heavy atom. The van der Waals surface area contributed by atoms with E-state index in [2.05, 4.69) is 5.32 Å². The summed E-state index contributed by atoms with van der Waals surface area (Å²) in [7, 11) is 1.57. The van der Waals surface area contributed by atoms with Crippen molar-refractivity contribution >= 4 is 11.6 Å². The molecule has 0 aliphatic heterocycles. The molecule has 0 aromatic heterocycles. The maximum absolute atomic E-state index is 11.0. The third-order valence-corrected chi connectivity index (χ3v) is 1.72. The Morgan fingerprint density at radius 2 is 2.00 bits per heavy atom. The van der Waals surface area contributed by atoms with E-state index in [-0.39, 0.29) is 17.0 Å². The summed E-state index contributed by atoms with van der Waals surface area (Å²) in [5, 5.41) is 11.9. The van der Waals surface area contributed by atoms with Crippen LogP contribution in [0.3, 0.4) is 0 Å². The number of nitrogens with one attached hydrogen (secondary N) is 1. The van der Waals surface area contributed by atoms with Crippen molar-refractivity contribution in [3.8, 4) is 0 Å². The number of aliphatic hydroxyl groups is 1. The average molecular weight is 167 g/mol. The Balaban J connectivity index is 3.18. The number of hydrogen-bond donors (Lipinski definition) is 2. The Morgan fingerprint density at radius 3 is 2.50 bits per heavy atom. The predicted octanol–water partition coefficient (Wildman–Crippen LogP) is 0.0735. The predicted molar refractivity (Wildman–Crippen MR) is 42.5 cm³/mol. The summed E-state index contributed by atoms with van der Waals surface area (Å²) in [6.45, 7) is 1.42. The van der Waals surface area contributed by atoms with E-state index in [4.69, 9.17) is 0 Å². The van der Waals surface area contributed by atoms with Gasteiger partial charge in [0.2, 0.25) is 11.6 Å². The van der Waals surface area contributed by atoms with Crippen LogP contribution < -0.4 is 5.32 Å². The first kappa shape index (κ1) is 8.52. The van der Waals surface area contributed by atoms with Crippen molar-refractivity contribution < 1.29 is 14.7 Å². The number of likely N-dealkylation sites (N-methyl/N-ethyl adjacent to an activating group) is 1. The molecule has 0 saturated carbocycles. The zero-order valence-electron chi connectivity index (χ0n) is 6.84. The Labute approximate surface area is 69.6 Å². The third-order valence-electron chi connectivity index (χ3n) is 1.72. The number of ketones is 2. The van der Waals surface area contributed by atoms with E-state index in [1.807, 2.05) is 0 Å². The van der Waals surface area contributed by atoms with Gasteiger partial charge in [0.1, 0.15) is 5.76 Å². The van der Waals surface area contributed by atoms with E-state index in [9.17, 15) is 14.7 Å². The Kier molecular flexibility index (Phi) is 1.99. The van der Waals surface area contributed by atoms with E-state index in [0.29, 0.717) is 0 Å². The van der Waals surface area contributed by atoms with E-state index in [1.54, 1.807) is 7.05 Å². The molecular weight excluding hydrogens is 158 g/mol. The lowest BCUT2D eigenvalue weighted by Gasteiger charge is -2.12. The molecule has 0 spiro atoms. The number of rotatable bonds is 1. The Hall–Kier alpha value is -1.58. The van der Waals surface area contributed by atoms with Gasteiger partial charge in [-0.05, 0) is 6.92 Å². The fourth-order valence-corrected chi connectivity index (χ4v) is 0.950. The van der Waals surface area contributed by atoms with Gasteiger partial charge >= 0.3 is 0 Å². The summed E-state index contributed by atoms with van der Waals surface area (Å²) in [5.41, 5.74) is 0.379. The lowest BCUT2D eigenvalue weighted by molar-refractivity contribution is -0.131. The molecule has 0 radical (unpaired) electrons. The van der Waals surface area contributed by atoms with Gasteiger partial charge in [-0.15, -0.1) is 0 Å². The largest absolute Gasteiger partial charge is 0.505 e. The second kappa shape index (κ2) is 2.81. The number of Topliss-reactive ketones (excluding diaryl/α,β-unsaturated/α-hetero) is 1. The molecule has 64 valence electrons. The molecule has 0 heterocycles. The van der Waals surface area contributed by atoms with Crippen molar-refractivity contribution in [3.05, 3.63) is 23.1 Å². The first-order chi connectivity index (χ1) is 5.57. The average Bonchev–Trinajstić information content (AvgIpc) is 2.08. The molecule has 0 aromatic rings. The van der Waals surface area contributed by atoms with Crippen molar-refractivity contribution in [1.29, 1.82) is 0 Å². The third kappa shape index (κ3) is 1.11. The quantitative estimate of drug-likeness (QED) is 0.428. The molecule has 0 unspecified atom stereocenters. The monoisotopic (exact) mass is 167 g/mol. The number of allylic oxidation sites excluding steroid dienone is 2. The smallest absolute Gasteiger partial charge is 0.232 e. The van der Waals surface area contributed by atoms with Crippen molar-refractivity contribution in [3.63, 3.8) is 0 Å². The maximum atomic E-state index is 11.0. The van der Waals surface area contributed by atoms with Gasteiger partial charge in [0, 0.05) is 18.7 Å². The van der Waals surface area contributed by atoms with Gasteiger partial charge in [0.15, 0.2) is 0 Å². The highest BCUT2D eigenvalue weighted by atomic mass is 16.3. The molecule has 2 N–H and O–H groups in total. The summed E-state index contributed by atoms with van der Waals surface area (Å²) in [6, 6.07) is 0. The standard InChI is InChI=1S/C8H9NO3/c1-4-7(11)5(9-2)3-6(10)8(4)12/h3,9,11H,1-2H3. The van der Waals surface area contributed by atoms with Gasteiger partial charge in [0.25, 0.3) is 0 Å². The van der Waals surface area contributed by atoms with Crippen LogP contribution in [0.2, 0.25) is 0 Å². The molecular formula is C8H9NO3. The molecule has 4 nitrogen and oxygen atoms in total. The Bertz CT molecular complexity index is 312. The molecule has 1 rings (SSSR count). The van der Waals surface area contributed by atoms with E-state index < -0.39 is 11.6 Å². The van der Waals surface area contributed by atoms with Gasteiger partial charge in [0.05, 0.1) is 5.70 Å². The van der Waals surface area contributed by atoms with Gasteiger partial charge in [-0.2, -0.15) is 0 Å². The summed E-state index contributed by atoms with van der Waals surface area (Å²) >= 11 is 0. The van der Waals surface area contributed by atoms with Crippen LogP contribution in [0.15, 0.2) is 23.1 Å². The molecule has 0 fully saturated rings. The summed E-state index contributed by atoms with van der Waals surface area (Å²) < 4.78 is 0. The minimum absolute atomic E-state index is 0.0897. The lowest BCUT2D eigenvalue weighted by Crippen LogP contribution is -2.24. The molecule has 0 saturated heterocycles. The lowest BCUT2D eigenvalue weighted by atomic mass is 10.0. The number of carbonyl (C=O) groups is 2. The summed E-state index contributed by atoms with van der Waals surface area (Å²) in [5.74, 6) is -1.40. The van der Waals surface area contributed by atoms with Crippen LogP contribution in [0, 0.1) is 0 Å². The van der Waals surface area contributed by atoms with Crippen LogP contribution in [0.5, 0.6) is 0 Å². The fraction of sp³-hybridized carbons (Fsp3) is 0.250. The second-order valence-corrected chi connectivity index (χ2v) is 2.47. The minimum Gasteiger partial charge on any atom is -0.505 e.